The third kappa shape index (κ3) is 2.79. The molecular formula is C15H19IN2O. The van der Waals surface area contributed by atoms with Crippen LogP contribution in [0.3, 0.4) is 0 Å². The summed E-state index contributed by atoms with van der Waals surface area (Å²) in [5.41, 5.74) is 1.90. The highest BCUT2D eigenvalue weighted by molar-refractivity contribution is 14.1. The summed E-state index contributed by atoms with van der Waals surface area (Å²) in [6.45, 7) is 2.02. The van der Waals surface area contributed by atoms with Gasteiger partial charge in [-0.05, 0) is 72.9 Å². The number of carbonyl (C=O) groups excluding carboxylic acids is 1. The molecule has 2 N–H and O–H groups in total. The molecule has 1 amide bonds. The minimum atomic E-state index is 0.0855. The van der Waals surface area contributed by atoms with Gasteiger partial charge in [-0.2, -0.15) is 0 Å². The van der Waals surface area contributed by atoms with Gasteiger partial charge in [-0.3, -0.25) is 4.79 Å². The second-order valence-corrected chi connectivity index (χ2v) is 6.85. The molecule has 1 aromatic rings. The maximum absolute atomic E-state index is 12.4. The first-order valence-corrected chi connectivity index (χ1v) is 8.03. The lowest BCUT2D eigenvalue weighted by Crippen LogP contribution is -2.48. The number of halogens is 1. The second-order valence-electron chi connectivity index (χ2n) is 5.69. The number of nitrogens with one attached hydrogen (secondary N) is 2. The smallest absolute Gasteiger partial charge is 0.251 e. The molecule has 3 nitrogen and oxygen atoms in total. The van der Waals surface area contributed by atoms with E-state index < -0.39 is 0 Å². The van der Waals surface area contributed by atoms with E-state index >= 15 is 0 Å². The Balaban J connectivity index is 1.70. The van der Waals surface area contributed by atoms with E-state index in [0.29, 0.717) is 18.1 Å². The highest BCUT2D eigenvalue weighted by atomic mass is 127. The summed E-state index contributed by atoms with van der Waals surface area (Å²) in [5.74, 6) is 0.0855. The molecule has 0 saturated carbocycles. The largest absolute Gasteiger partial charge is 0.349 e. The SMILES string of the molecule is Cc1c(I)cccc1C(=O)NC1CC2CCC(C1)N2. The van der Waals surface area contributed by atoms with Gasteiger partial charge in [-0.15, -0.1) is 0 Å². The minimum Gasteiger partial charge on any atom is -0.349 e. The van der Waals surface area contributed by atoms with Crippen molar-refractivity contribution in [3.63, 3.8) is 0 Å². The Labute approximate surface area is 127 Å². The van der Waals surface area contributed by atoms with Crippen molar-refractivity contribution in [1.82, 2.24) is 10.6 Å². The Hall–Kier alpha value is -0.620. The Morgan fingerprint density at radius 1 is 1.32 bits per heavy atom. The number of carbonyl (C=O) groups is 1. The van der Waals surface area contributed by atoms with E-state index in [-0.39, 0.29) is 5.91 Å². The molecule has 4 heteroatoms. The van der Waals surface area contributed by atoms with Crippen LogP contribution in [0.25, 0.3) is 0 Å². The number of amides is 1. The van der Waals surface area contributed by atoms with Crippen molar-refractivity contribution in [2.75, 3.05) is 0 Å². The standard InChI is InChI=1S/C15H19IN2O/c1-9-13(3-2-4-14(9)16)15(19)18-12-7-10-5-6-11(8-12)17-10/h2-4,10-12,17H,5-8H2,1H3,(H,18,19). The van der Waals surface area contributed by atoms with Gasteiger partial charge in [0.15, 0.2) is 0 Å². The number of piperidine rings is 1. The highest BCUT2D eigenvalue weighted by Crippen LogP contribution is 2.27. The lowest BCUT2D eigenvalue weighted by atomic mass is 9.99. The van der Waals surface area contributed by atoms with Crippen LogP contribution in [0.5, 0.6) is 0 Å². The van der Waals surface area contributed by atoms with Crippen molar-refractivity contribution in [2.24, 2.45) is 0 Å². The van der Waals surface area contributed by atoms with Crippen molar-refractivity contribution in [3.8, 4) is 0 Å². The van der Waals surface area contributed by atoms with Gasteiger partial charge in [-0.25, -0.2) is 0 Å². The fourth-order valence-electron chi connectivity index (χ4n) is 3.29. The fourth-order valence-corrected chi connectivity index (χ4v) is 3.79. The van der Waals surface area contributed by atoms with Gasteiger partial charge in [0.25, 0.3) is 5.91 Å². The molecule has 2 atom stereocenters. The molecule has 2 aliphatic rings. The Bertz CT molecular complexity index is 491. The van der Waals surface area contributed by atoms with Crippen LogP contribution in [0.4, 0.5) is 0 Å². The van der Waals surface area contributed by atoms with Gasteiger partial charge in [0.05, 0.1) is 0 Å². The van der Waals surface area contributed by atoms with Gasteiger partial charge < -0.3 is 10.6 Å². The predicted octanol–water partition coefficient (Wildman–Crippen LogP) is 2.61. The normalized spacial score (nSPS) is 29.3. The Kier molecular flexibility index (Phi) is 3.80. The molecular weight excluding hydrogens is 351 g/mol. The third-order valence-electron chi connectivity index (χ3n) is 4.32. The van der Waals surface area contributed by atoms with Gasteiger partial charge in [-0.1, -0.05) is 6.07 Å². The van der Waals surface area contributed by atoms with E-state index in [1.165, 1.54) is 12.8 Å². The number of hydrogen-bond donors (Lipinski definition) is 2. The molecule has 102 valence electrons. The summed E-state index contributed by atoms with van der Waals surface area (Å²) in [7, 11) is 0. The maximum atomic E-state index is 12.4. The molecule has 3 rings (SSSR count). The number of rotatable bonds is 2. The summed E-state index contributed by atoms with van der Waals surface area (Å²) >= 11 is 2.28. The van der Waals surface area contributed by atoms with Crippen LogP contribution in [0.15, 0.2) is 18.2 Å². The van der Waals surface area contributed by atoms with E-state index in [4.69, 9.17) is 0 Å². The van der Waals surface area contributed by atoms with Crippen LogP contribution in [0.1, 0.15) is 41.6 Å². The quantitative estimate of drug-likeness (QED) is 0.786. The Morgan fingerprint density at radius 3 is 2.68 bits per heavy atom. The van der Waals surface area contributed by atoms with Crippen molar-refractivity contribution < 1.29 is 4.79 Å². The molecule has 2 heterocycles. The number of fused-ring (bicyclic) bond motifs is 2. The van der Waals surface area contributed by atoms with Crippen LogP contribution < -0.4 is 10.6 Å². The third-order valence-corrected chi connectivity index (χ3v) is 5.49. The van der Waals surface area contributed by atoms with Crippen LogP contribution in [0, 0.1) is 10.5 Å². The van der Waals surface area contributed by atoms with E-state index in [0.717, 1.165) is 27.5 Å². The average Bonchev–Trinajstić information content (AvgIpc) is 2.72. The lowest BCUT2D eigenvalue weighted by molar-refractivity contribution is 0.0923. The molecule has 1 aromatic carbocycles. The molecule has 0 aromatic heterocycles. The molecule has 2 aliphatic heterocycles. The molecule has 2 unspecified atom stereocenters. The van der Waals surface area contributed by atoms with E-state index in [1.54, 1.807) is 0 Å². The minimum absolute atomic E-state index is 0.0855. The van der Waals surface area contributed by atoms with Crippen molar-refractivity contribution in [2.45, 2.75) is 50.7 Å². The second kappa shape index (κ2) is 5.40. The predicted molar refractivity (Wildman–Crippen MR) is 84.3 cm³/mol. The zero-order chi connectivity index (χ0) is 13.4. The van der Waals surface area contributed by atoms with Crippen molar-refractivity contribution in [3.05, 3.63) is 32.9 Å². The molecule has 19 heavy (non-hydrogen) atoms. The molecule has 0 aliphatic carbocycles. The van der Waals surface area contributed by atoms with Crippen molar-refractivity contribution >= 4 is 28.5 Å². The first-order chi connectivity index (χ1) is 9.13. The Morgan fingerprint density at radius 2 is 2.00 bits per heavy atom. The summed E-state index contributed by atoms with van der Waals surface area (Å²) in [5, 5.41) is 6.82. The summed E-state index contributed by atoms with van der Waals surface area (Å²) in [6, 6.07) is 7.47. The van der Waals surface area contributed by atoms with E-state index in [9.17, 15) is 4.79 Å². The van der Waals surface area contributed by atoms with Gasteiger partial charge >= 0.3 is 0 Å². The molecule has 2 fully saturated rings. The van der Waals surface area contributed by atoms with E-state index in [1.807, 2.05) is 25.1 Å². The summed E-state index contributed by atoms with van der Waals surface area (Å²) in [6.07, 6.45) is 4.68. The molecule has 0 radical (unpaired) electrons. The highest BCUT2D eigenvalue weighted by Gasteiger charge is 2.34. The summed E-state index contributed by atoms with van der Waals surface area (Å²) in [4.78, 5) is 12.4. The zero-order valence-corrected chi connectivity index (χ0v) is 13.2. The van der Waals surface area contributed by atoms with Gasteiger partial charge in [0, 0.05) is 27.3 Å². The molecule has 2 bridgehead atoms. The van der Waals surface area contributed by atoms with Gasteiger partial charge in [0.1, 0.15) is 0 Å². The average molecular weight is 370 g/mol. The van der Waals surface area contributed by atoms with Crippen LogP contribution in [-0.4, -0.2) is 24.0 Å². The number of benzene rings is 1. The summed E-state index contributed by atoms with van der Waals surface area (Å²) < 4.78 is 1.15. The molecule has 0 spiro atoms. The van der Waals surface area contributed by atoms with Crippen LogP contribution in [-0.2, 0) is 0 Å². The maximum Gasteiger partial charge on any atom is 0.251 e. The van der Waals surface area contributed by atoms with E-state index in [2.05, 4.69) is 33.2 Å². The fraction of sp³-hybridized carbons (Fsp3) is 0.533. The van der Waals surface area contributed by atoms with Crippen LogP contribution >= 0.6 is 22.6 Å². The first-order valence-electron chi connectivity index (χ1n) is 6.95. The first kappa shape index (κ1) is 13.4. The monoisotopic (exact) mass is 370 g/mol. The van der Waals surface area contributed by atoms with Crippen molar-refractivity contribution in [1.29, 1.82) is 0 Å². The number of hydrogen-bond acceptors (Lipinski definition) is 2. The zero-order valence-electron chi connectivity index (χ0n) is 11.1. The lowest BCUT2D eigenvalue weighted by Gasteiger charge is -2.29. The van der Waals surface area contributed by atoms with Gasteiger partial charge in [0.2, 0.25) is 0 Å². The molecule has 2 saturated heterocycles. The topological polar surface area (TPSA) is 41.1 Å². The van der Waals surface area contributed by atoms with Crippen LogP contribution in [0.2, 0.25) is 0 Å².